The summed E-state index contributed by atoms with van der Waals surface area (Å²) in [6, 6.07) is 10.2. The van der Waals surface area contributed by atoms with Crippen molar-refractivity contribution in [3.63, 3.8) is 0 Å². The number of benzene rings is 2. The number of allylic oxidation sites excluding steroid dienone is 1. The molecule has 1 unspecified atom stereocenters. The molecular formula is C41H52O6. The lowest BCUT2D eigenvalue weighted by Crippen LogP contribution is -2.50. The van der Waals surface area contributed by atoms with Crippen LogP contribution in [0, 0.1) is 53.3 Å². The van der Waals surface area contributed by atoms with Crippen LogP contribution in [0.3, 0.4) is 0 Å². The first-order valence-electron chi connectivity index (χ1n) is 18.2. The Morgan fingerprint density at radius 3 is 1.70 bits per heavy atom. The van der Waals surface area contributed by atoms with Gasteiger partial charge < -0.3 is 20.4 Å². The number of carbonyl (C=O) groups excluding carboxylic acids is 2. The molecule has 0 amide bonds. The van der Waals surface area contributed by atoms with E-state index in [0.717, 1.165) is 90.7 Å². The highest BCUT2D eigenvalue weighted by Gasteiger charge is 2.55. The van der Waals surface area contributed by atoms with Crippen molar-refractivity contribution < 1.29 is 30.0 Å². The molecule has 0 aliphatic heterocycles. The third-order valence-corrected chi connectivity index (χ3v) is 13.0. The average Bonchev–Trinajstić information content (AvgIpc) is 3.00. The Morgan fingerprint density at radius 1 is 0.702 bits per heavy atom. The van der Waals surface area contributed by atoms with Gasteiger partial charge in [-0.2, -0.15) is 0 Å². The topological polar surface area (TPSA) is 115 Å². The number of aryl methyl sites for hydroxylation is 1. The van der Waals surface area contributed by atoms with Gasteiger partial charge in [-0.15, -0.1) is 0 Å². The number of carbonyl (C=O) groups is 2. The highest BCUT2D eigenvalue weighted by Crippen LogP contribution is 2.61. The van der Waals surface area contributed by atoms with Crippen molar-refractivity contribution in [3.8, 4) is 17.2 Å². The molecule has 10 rings (SSSR count). The molecule has 6 nitrogen and oxygen atoms in total. The van der Waals surface area contributed by atoms with Gasteiger partial charge in [0.05, 0.1) is 6.10 Å². The van der Waals surface area contributed by atoms with Gasteiger partial charge in [-0.05, 0) is 161 Å². The molecule has 8 saturated carbocycles. The largest absolute Gasteiger partial charge is 0.508 e. The van der Waals surface area contributed by atoms with Crippen LogP contribution in [0.2, 0.25) is 0 Å². The van der Waals surface area contributed by atoms with Gasteiger partial charge >= 0.3 is 0 Å². The summed E-state index contributed by atoms with van der Waals surface area (Å²) in [5.41, 5.74) is 2.38. The summed E-state index contributed by atoms with van der Waals surface area (Å²) in [6.45, 7) is 1.85. The number of aliphatic hydroxyl groups is 1. The predicted octanol–water partition coefficient (Wildman–Crippen LogP) is 8.07. The molecule has 0 saturated heterocycles. The van der Waals surface area contributed by atoms with Crippen molar-refractivity contribution in [2.45, 2.75) is 109 Å². The normalized spacial score (nSPS) is 35.1. The summed E-state index contributed by atoms with van der Waals surface area (Å²) >= 11 is 0. The van der Waals surface area contributed by atoms with Gasteiger partial charge in [0.25, 0.3) is 0 Å². The Bertz CT molecular complexity index is 1470. The molecule has 0 aromatic heterocycles. The van der Waals surface area contributed by atoms with Crippen molar-refractivity contribution in [1.29, 1.82) is 0 Å². The van der Waals surface area contributed by atoms with Crippen LogP contribution in [0.15, 0.2) is 42.5 Å². The Balaban J connectivity index is 0.000000150. The Kier molecular flexibility index (Phi) is 8.78. The molecule has 252 valence electrons. The first-order valence-corrected chi connectivity index (χ1v) is 18.2. The van der Waals surface area contributed by atoms with E-state index in [1.807, 2.05) is 31.2 Å². The number of hydrogen-bond acceptors (Lipinski definition) is 6. The molecule has 0 radical (unpaired) electrons. The molecular weight excluding hydrogens is 588 g/mol. The van der Waals surface area contributed by atoms with E-state index in [1.165, 1.54) is 50.7 Å². The van der Waals surface area contributed by atoms with E-state index >= 15 is 0 Å². The fourth-order valence-electron chi connectivity index (χ4n) is 11.6. The summed E-state index contributed by atoms with van der Waals surface area (Å²) in [7, 11) is 0. The van der Waals surface area contributed by atoms with Gasteiger partial charge in [-0.1, -0.05) is 30.4 Å². The molecule has 2 aromatic carbocycles. The minimum absolute atomic E-state index is 0.0316. The maximum absolute atomic E-state index is 13.0. The van der Waals surface area contributed by atoms with Crippen LogP contribution < -0.4 is 0 Å². The van der Waals surface area contributed by atoms with Crippen molar-refractivity contribution >= 4 is 17.6 Å². The van der Waals surface area contributed by atoms with Crippen molar-refractivity contribution in [2.24, 2.45) is 46.3 Å². The number of aromatic hydroxyl groups is 3. The lowest BCUT2D eigenvalue weighted by Gasteiger charge is -2.56. The van der Waals surface area contributed by atoms with Crippen molar-refractivity contribution in [1.82, 2.24) is 0 Å². The van der Waals surface area contributed by atoms with Gasteiger partial charge in [0.2, 0.25) is 0 Å². The molecule has 8 aliphatic rings. The first-order chi connectivity index (χ1) is 22.5. The van der Waals surface area contributed by atoms with Crippen LogP contribution >= 0.6 is 0 Å². The third kappa shape index (κ3) is 6.77. The van der Waals surface area contributed by atoms with Crippen LogP contribution in [-0.4, -0.2) is 38.1 Å². The molecule has 0 heterocycles. The van der Waals surface area contributed by atoms with E-state index in [-0.39, 0.29) is 34.5 Å². The molecule has 1 atom stereocenters. The number of rotatable bonds is 9. The minimum atomic E-state index is -0.646. The van der Waals surface area contributed by atoms with E-state index in [4.69, 9.17) is 0 Å². The van der Waals surface area contributed by atoms with E-state index in [1.54, 1.807) is 12.1 Å². The zero-order valence-electron chi connectivity index (χ0n) is 27.9. The van der Waals surface area contributed by atoms with Gasteiger partial charge in [-0.25, -0.2) is 0 Å². The summed E-state index contributed by atoms with van der Waals surface area (Å²) in [5, 5.41) is 39.1. The third-order valence-electron chi connectivity index (χ3n) is 13.0. The average molecular weight is 641 g/mol. The Morgan fingerprint density at radius 2 is 1.21 bits per heavy atom. The van der Waals surface area contributed by atoms with Gasteiger partial charge in [0.15, 0.2) is 11.5 Å². The molecule has 8 fully saturated rings. The quantitative estimate of drug-likeness (QED) is 0.206. The molecule has 6 heteroatoms. The second-order valence-corrected chi connectivity index (χ2v) is 16.8. The predicted molar refractivity (Wildman–Crippen MR) is 182 cm³/mol. The molecule has 0 spiro atoms. The smallest absolute Gasteiger partial charge is 0.157 e. The zero-order chi connectivity index (χ0) is 32.9. The van der Waals surface area contributed by atoms with Crippen LogP contribution in [0.1, 0.15) is 107 Å². The lowest BCUT2D eigenvalue weighted by atomic mass is 9.48. The molecule has 8 bridgehead atoms. The van der Waals surface area contributed by atoms with Crippen LogP contribution in [0.4, 0.5) is 0 Å². The summed E-state index contributed by atoms with van der Waals surface area (Å²) < 4.78 is 0. The number of phenolic OH excluding ortho intramolecular Hbond substituents is 3. The second-order valence-electron chi connectivity index (χ2n) is 16.8. The number of hydrogen-bond donors (Lipinski definition) is 4. The van der Waals surface area contributed by atoms with Crippen molar-refractivity contribution in [2.75, 3.05) is 0 Å². The summed E-state index contributed by atoms with van der Waals surface area (Å²) in [6.07, 6.45) is 18.9. The lowest BCUT2D eigenvalue weighted by molar-refractivity contribution is -0.145. The minimum Gasteiger partial charge on any atom is -0.508 e. The number of ketones is 2. The number of aliphatic hydroxyl groups excluding tert-OH is 1. The van der Waals surface area contributed by atoms with E-state index in [2.05, 4.69) is 0 Å². The fraction of sp³-hybridized carbons (Fsp3) is 0.610. The molecule has 8 aliphatic carbocycles. The summed E-state index contributed by atoms with van der Waals surface area (Å²) in [4.78, 5) is 25.9. The van der Waals surface area contributed by atoms with Gasteiger partial charge in [-0.3, -0.25) is 9.59 Å². The monoisotopic (exact) mass is 640 g/mol. The SMILES string of the molecule is Cc1ccc(CC(O)CC(=O)C23CC4CC(CC(C4)C2)C3)cc1O.O=C(C/C=C/c1ccc(O)c(O)c1)C12CC3CC(CC(C3)C1)C2. The molecule has 47 heavy (non-hydrogen) atoms. The maximum Gasteiger partial charge on any atom is 0.157 e. The maximum atomic E-state index is 13.0. The summed E-state index contributed by atoms with van der Waals surface area (Å²) in [5.74, 6) is 5.37. The molecule has 2 aromatic rings. The van der Waals surface area contributed by atoms with Crippen molar-refractivity contribution in [3.05, 3.63) is 59.2 Å². The fourth-order valence-corrected chi connectivity index (χ4v) is 11.6. The molecule has 4 N–H and O–H groups in total. The van der Waals surface area contributed by atoms with Gasteiger partial charge in [0, 0.05) is 23.7 Å². The van der Waals surface area contributed by atoms with Gasteiger partial charge in [0.1, 0.15) is 17.3 Å². The van der Waals surface area contributed by atoms with E-state index in [0.29, 0.717) is 24.4 Å². The van der Waals surface area contributed by atoms with Crippen LogP contribution in [0.25, 0.3) is 6.08 Å². The highest BCUT2D eigenvalue weighted by atomic mass is 16.3. The number of Topliss-reactive ketones (excluding diaryl/α,β-unsaturated/α-hetero) is 2. The Labute approximate surface area is 279 Å². The highest BCUT2D eigenvalue weighted by molar-refractivity contribution is 5.87. The Hall–Kier alpha value is -3.12. The van der Waals surface area contributed by atoms with E-state index in [9.17, 15) is 30.0 Å². The van der Waals surface area contributed by atoms with Crippen LogP contribution in [-0.2, 0) is 16.0 Å². The van der Waals surface area contributed by atoms with E-state index < -0.39 is 6.10 Å². The first kappa shape index (κ1) is 32.4. The zero-order valence-corrected chi connectivity index (χ0v) is 27.9. The van der Waals surface area contributed by atoms with Crippen LogP contribution in [0.5, 0.6) is 17.2 Å². The standard InChI is InChI=1S/C21H28O3.C20H24O3/c1-13-2-3-14(8-19(13)23)7-18(22)9-20(24)21-10-15-4-16(11-21)6-17(5-15)12-21;21-17-5-4-13(9-18(17)22)2-1-3-19(23)20-10-14-6-15(11-20)8-16(7-14)12-20/h2-3,8,15-18,22-23H,4-7,9-12H2,1H3;1-2,4-5,9,14-16,21-22H,3,6-8,10-12H2/b;2-1+. The second kappa shape index (κ2) is 12.7. The number of phenols is 3.